The van der Waals surface area contributed by atoms with Crippen LogP contribution in [0.3, 0.4) is 0 Å². The van der Waals surface area contributed by atoms with Crippen LogP contribution in [0.2, 0.25) is 0 Å². The van der Waals surface area contributed by atoms with E-state index in [9.17, 15) is 22.8 Å². The summed E-state index contributed by atoms with van der Waals surface area (Å²) in [6.45, 7) is 1.05. The van der Waals surface area contributed by atoms with Crippen molar-refractivity contribution < 1.29 is 22.8 Å². The molecule has 30 heavy (non-hydrogen) atoms. The predicted molar refractivity (Wildman–Crippen MR) is 108 cm³/mol. The maximum atomic E-state index is 13.6. The molecule has 2 aromatic rings. The Morgan fingerprint density at radius 3 is 2.60 bits per heavy atom. The number of rotatable bonds is 7. The Kier molecular flexibility index (Phi) is 7.73. The summed E-state index contributed by atoms with van der Waals surface area (Å²) >= 11 is 0.248. The molecule has 0 aliphatic carbocycles. The summed E-state index contributed by atoms with van der Waals surface area (Å²) in [6, 6.07) is 9.47. The zero-order chi connectivity index (χ0) is 21.5. The average Bonchev–Trinajstić information content (AvgIpc) is 2.74. The van der Waals surface area contributed by atoms with Gasteiger partial charge in [0.05, 0.1) is 5.56 Å². The molecule has 0 bridgehead atoms. The number of benzene rings is 1. The number of alkyl halides is 2. The molecule has 3 rings (SSSR count). The Balaban J connectivity index is 1.49. The van der Waals surface area contributed by atoms with E-state index in [0.717, 1.165) is 0 Å². The fraction of sp³-hybridized carbons (Fsp3) is 0.381. The Labute approximate surface area is 177 Å². The highest BCUT2D eigenvalue weighted by atomic mass is 32.2. The highest BCUT2D eigenvalue weighted by Crippen LogP contribution is 2.28. The van der Waals surface area contributed by atoms with Gasteiger partial charge in [0, 0.05) is 31.7 Å². The molecule has 160 valence electrons. The van der Waals surface area contributed by atoms with Gasteiger partial charge in [-0.05, 0) is 54.8 Å². The summed E-state index contributed by atoms with van der Waals surface area (Å²) in [6.07, 6.45) is 2.74. The van der Waals surface area contributed by atoms with Crippen molar-refractivity contribution in [1.29, 1.82) is 0 Å². The van der Waals surface area contributed by atoms with E-state index in [2.05, 4.69) is 10.3 Å². The Morgan fingerprint density at radius 1 is 1.17 bits per heavy atom. The number of nitrogens with one attached hydrogen (secondary N) is 1. The maximum Gasteiger partial charge on any atom is 0.290 e. The highest BCUT2D eigenvalue weighted by Gasteiger charge is 2.29. The van der Waals surface area contributed by atoms with Gasteiger partial charge in [-0.15, -0.1) is 0 Å². The van der Waals surface area contributed by atoms with Gasteiger partial charge in [0.15, 0.2) is 0 Å². The average molecular weight is 437 g/mol. The number of aromatic nitrogens is 1. The first-order valence-corrected chi connectivity index (χ1v) is 10.5. The van der Waals surface area contributed by atoms with Crippen LogP contribution in [0, 0.1) is 11.7 Å². The number of carbonyl (C=O) groups is 2. The van der Waals surface area contributed by atoms with Gasteiger partial charge >= 0.3 is 0 Å². The number of nitrogens with zero attached hydrogens (tertiary/aromatic N) is 2. The molecule has 1 aliphatic heterocycles. The molecule has 1 aliphatic rings. The van der Waals surface area contributed by atoms with Gasteiger partial charge in [-0.25, -0.2) is 9.37 Å². The van der Waals surface area contributed by atoms with E-state index >= 15 is 0 Å². The van der Waals surface area contributed by atoms with Crippen molar-refractivity contribution in [3.05, 3.63) is 59.5 Å². The Hall–Kier alpha value is -2.55. The second-order valence-electron chi connectivity index (χ2n) is 6.93. The van der Waals surface area contributed by atoms with Crippen LogP contribution in [-0.4, -0.2) is 47.1 Å². The molecule has 1 fully saturated rings. The number of halogens is 3. The van der Waals surface area contributed by atoms with Gasteiger partial charge in [0.1, 0.15) is 10.8 Å². The molecular weight excluding hydrogens is 415 g/mol. The van der Waals surface area contributed by atoms with Crippen LogP contribution in [0.25, 0.3) is 0 Å². The lowest BCUT2D eigenvalue weighted by Crippen LogP contribution is -2.43. The molecule has 1 aromatic heterocycles. The minimum atomic E-state index is -2.66. The minimum absolute atomic E-state index is 0.00510. The first kappa shape index (κ1) is 22.1. The molecule has 0 spiro atoms. The van der Waals surface area contributed by atoms with Crippen molar-refractivity contribution in [3.8, 4) is 0 Å². The maximum absolute atomic E-state index is 13.6. The van der Waals surface area contributed by atoms with Gasteiger partial charge < -0.3 is 10.2 Å². The zero-order valence-electron chi connectivity index (χ0n) is 16.2. The van der Waals surface area contributed by atoms with Crippen molar-refractivity contribution in [2.24, 2.45) is 5.92 Å². The first-order valence-electron chi connectivity index (χ1n) is 9.66. The van der Waals surface area contributed by atoms with E-state index in [-0.39, 0.29) is 45.9 Å². The van der Waals surface area contributed by atoms with Gasteiger partial charge in [-0.1, -0.05) is 18.2 Å². The molecule has 1 aromatic carbocycles. The number of piperidine rings is 1. The van der Waals surface area contributed by atoms with Crippen molar-refractivity contribution in [3.63, 3.8) is 0 Å². The van der Waals surface area contributed by atoms with E-state index in [1.807, 2.05) is 0 Å². The predicted octanol–water partition coefficient (Wildman–Crippen LogP) is 3.75. The monoisotopic (exact) mass is 437 g/mol. The van der Waals surface area contributed by atoms with Crippen LogP contribution < -0.4 is 5.32 Å². The van der Waals surface area contributed by atoms with Crippen LogP contribution in [-0.2, 0) is 11.2 Å². The number of hydrogen-bond acceptors (Lipinski definition) is 4. The topological polar surface area (TPSA) is 62.3 Å². The fourth-order valence-corrected chi connectivity index (χ4v) is 3.99. The van der Waals surface area contributed by atoms with Gasteiger partial charge in [0.25, 0.3) is 11.7 Å². The van der Waals surface area contributed by atoms with E-state index in [1.165, 1.54) is 18.3 Å². The van der Waals surface area contributed by atoms with Crippen molar-refractivity contribution >= 4 is 23.6 Å². The number of pyridine rings is 1. The van der Waals surface area contributed by atoms with Gasteiger partial charge in [-0.2, -0.15) is 8.78 Å². The molecular formula is C21H22F3N3O2S. The number of likely N-dealkylation sites (tertiary alicyclic amines) is 1. The smallest absolute Gasteiger partial charge is 0.290 e. The summed E-state index contributed by atoms with van der Waals surface area (Å²) in [5.41, 5.74) is 0.697. The van der Waals surface area contributed by atoms with Crippen LogP contribution >= 0.6 is 11.8 Å². The number of amides is 2. The quantitative estimate of drug-likeness (QED) is 0.671. The van der Waals surface area contributed by atoms with Gasteiger partial charge in [0.2, 0.25) is 5.91 Å². The minimum Gasteiger partial charge on any atom is -0.356 e. The number of carbonyl (C=O) groups excluding carboxylic acids is 2. The summed E-state index contributed by atoms with van der Waals surface area (Å²) in [4.78, 5) is 30.6. The first-order chi connectivity index (χ1) is 14.5. The standard InChI is InChI=1S/C21H22F3N3O2S/c22-17-6-2-1-4-14(17)7-11-25-18(28)15-8-12-27(13-9-15)20(29)16-5-3-10-26-19(16)30-21(23)24/h1-6,10,15,21H,7-9,11-13H2,(H,25,28). The molecule has 9 heteroatoms. The highest BCUT2D eigenvalue weighted by molar-refractivity contribution is 7.99. The van der Waals surface area contributed by atoms with Gasteiger partial charge in [-0.3, -0.25) is 9.59 Å². The normalized spacial score (nSPS) is 14.7. The third-order valence-electron chi connectivity index (χ3n) is 5.01. The number of hydrogen-bond donors (Lipinski definition) is 1. The largest absolute Gasteiger partial charge is 0.356 e. The summed E-state index contributed by atoms with van der Waals surface area (Å²) < 4.78 is 39.1. The van der Waals surface area contributed by atoms with Crippen molar-refractivity contribution in [2.45, 2.75) is 30.0 Å². The molecule has 0 radical (unpaired) electrons. The molecule has 0 saturated carbocycles. The Morgan fingerprint density at radius 2 is 1.90 bits per heavy atom. The molecule has 0 unspecified atom stereocenters. The fourth-order valence-electron chi connectivity index (χ4n) is 3.41. The van der Waals surface area contributed by atoms with Crippen LogP contribution in [0.1, 0.15) is 28.8 Å². The zero-order valence-corrected chi connectivity index (χ0v) is 17.0. The lowest BCUT2D eigenvalue weighted by Gasteiger charge is -2.31. The molecule has 5 nitrogen and oxygen atoms in total. The summed E-state index contributed by atoms with van der Waals surface area (Å²) in [5.74, 6) is -3.67. The summed E-state index contributed by atoms with van der Waals surface area (Å²) in [5, 5.41) is 2.83. The second-order valence-corrected chi connectivity index (χ2v) is 7.91. The van der Waals surface area contributed by atoms with Crippen LogP contribution in [0.15, 0.2) is 47.6 Å². The molecule has 2 heterocycles. The van der Waals surface area contributed by atoms with Crippen LogP contribution in [0.5, 0.6) is 0 Å². The lowest BCUT2D eigenvalue weighted by molar-refractivity contribution is -0.126. The molecule has 2 amide bonds. The van der Waals surface area contributed by atoms with E-state index in [4.69, 9.17) is 0 Å². The SMILES string of the molecule is O=C(NCCc1ccccc1F)C1CCN(C(=O)c2cccnc2SC(F)F)CC1. The lowest BCUT2D eigenvalue weighted by atomic mass is 9.95. The molecule has 0 atom stereocenters. The van der Waals surface area contributed by atoms with E-state index < -0.39 is 5.76 Å². The second kappa shape index (κ2) is 10.5. The van der Waals surface area contributed by atoms with E-state index in [0.29, 0.717) is 44.5 Å². The van der Waals surface area contributed by atoms with Crippen molar-refractivity contribution in [1.82, 2.24) is 15.2 Å². The van der Waals surface area contributed by atoms with Crippen LogP contribution in [0.4, 0.5) is 13.2 Å². The summed E-state index contributed by atoms with van der Waals surface area (Å²) in [7, 11) is 0. The third kappa shape index (κ3) is 5.75. The molecule has 1 N–H and O–H groups in total. The van der Waals surface area contributed by atoms with Crippen molar-refractivity contribution in [2.75, 3.05) is 19.6 Å². The Bertz CT molecular complexity index is 889. The third-order valence-corrected chi connectivity index (χ3v) is 5.73. The molecule has 1 saturated heterocycles. The number of thioether (sulfide) groups is 1. The van der Waals surface area contributed by atoms with E-state index in [1.54, 1.807) is 29.2 Å².